The highest BCUT2D eigenvalue weighted by molar-refractivity contribution is 5.80. The lowest BCUT2D eigenvalue weighted by molar-refractivity contribution is -0.121. The van der Waals surface area contributed by atoms with Crippen LogP contribution in [0.5, 0.6) is 5.75 Å². The molecule has 2 N–H and O–H groups in total. The van der Waals surface area contributed by atoms with Gasteiger partial charge in [-0.15, -0.1) is 0 Å². The number of H-pyrrole nitrogens is 1. The molecular formula is C22H26N4O2. The van der Waals surface area contributed by atoms with Gasteiger partial charge in [0.05, 0.1) is 23.7 Å². The number of amides is 1. The summed E-state index contributed by atoms with van der Waals surface area (Å²) in [4.78, 5) is 16.7. The number of benzene rings is 1. The van der Waals surface area contributed by atoms with Crippen molar-refractivity contribution in [3.05, 3.63) is 53.5 Å². The number of fused-ring (bicyclic) bond motifs is 1. The van der Waals surface area contributed by atoms with E-state index in [2.05, 4.69) is 20.5 Å². The fourth-order valence-corrected chi connectivity index (χ4v) is 3.92. The van der Waals surface area contributed by atoms with Crippen LogP contribution < -0.4 is 10.1 Å². The van der Waals surface area contributed by atoms with Crippen LogP contribution in [0, 0.1) is 13.8 Å². The minimum atomic E-state index is 0.0685. The molecule has 1 fully saturated rings. The van der Waals surface area contributed by atoms with Crippen molar-refractivity contribution in [1.82, 2.24) is 20.5 Å². The summed E-state index contributed by atoms with van der Waals surface area (Å²) >= 11 is 0. The molecule has 6 nitrogen and oxygen atoms in total. The van der Waals surface area contributed by atoms with E-state index in [1.165, 1.54) is 0 Å². The zero-order chi connectivity index (χ0) is 19.5. The Hall–Kier alpha value is -2.89. The Kier molecular flexibility index (Phi) is 5.28. The molecule has 1 aliphatic carbocycles. The highest BCUT2D eigenvalue weighted by Crippen LogP contribution is 2.26. The van der Waals surface area contributed by atoms with Crippen LogP contribution in [0.15, 0.2) is 36.5 Å². The van der Waals surface area contributed by atoms with Gasteiger partial charge in [0.2, 0.25) is 5.91 Å². The second kappa shape index (κ2) is 8.00. The maximum absolute atomic E-state index is 12.4. The number of nitrogens with zero attached hydrogens (tertiary/aromatic N) is 2. The predicted molar refractivity (Wildman–Crippen MR) is 108 cm³/mol. The number of hydrogen-bond donors (Lipinski definition) is 2. The molecule has 1 aromatic carbocycles. The zero-order valence-electron chi connectivity index (χ0n) is 16.4. The Balaban J connectivity index is 1.27. The first-order chi connectivity index (χ1) is 13.6. The van der Waals surface area contributed by atoms with Crippen LogP contribution in [0.25, 0.3) is 10.9 Å². The second-order valence-electron chi connectivity index (χ2n) is 7.61. The van der Waals surface area contributed by atoms with Crippen LogP contribution in [-0.2, 0) is 11.2 Å². The quantitative estimate of drug-likeness (QED) is 0.711. The van der Waals surface area contributed by atoms with Crippen LogP contribution in [0.3, 0.4) is 0 Å². The second-order valence-corrected chi connectivity index (χ2v) is 7.61. The summed E-state index contributed by atoms with van der Waals surface area (Å²) in [5.41, 5.74) is 3.84. The molecule has 6 heteroatoms. The largest absolute Gasteiger partial charge is 0.490 e. The summed E-state index contributed by atoms with van der Waals surface area (Å²) < 4.78 is 6.18. The minimum Gasteiger partial charge on any atom is -0.490 e. The molecular weight excluding hydrogens is 352 g/mol. The average Bonchev–Trinajstić information content (AvgIpc) is 3.01. The van der Waals surface area contributed by atoms with Gasteiger partial charge >= 0.3 is 0 Å². The first-order valence-corrected chi connectivity index (χ1v) is 9.90. The monoisotopic (exact) mass is 378 g/mol. The molecule has 146 valence electrons. The smallest absolute Gasteiger partial charge is 0.224 e. The number of carbonyl (C=O) groups is 1. The van der Waals surface area contributed by atoms with Crippen molar-refractivity contribution >= 4 is 16.8 Å². The van der Waals surface area contributed by atoms with Crippen molar-refractivity contribution in [2.45, 2.75) is 58.1 Å². The maximum atomic E-state index is 12.4. The van der Waals surface area contributed by atoms with Crippen molar-refractivity contribution in [3.63, 3.8) is 0 Å². The van der Waals surface area contributed by atoms with Gasteiger partial charge in [-0.05, 0) is 63.8 Å². The Morgan fingerprint density at radius 2 is 2.04 bits per heavy atom. The van der Waals surface area contributed by atoms with Crippen molar-refractivity contribution < 1.29 is 9.53 Å². The number of rotatable bonds is 5. The fraction of sp³-hybridized carbons (Fsp3) is 0.409. The number of aromatic amines is 1. The molecule has 1 saturated carbocycles. The molecule has 0 saturated heterocycles. The minimum absolute atomic E-state index is 0.0685. The molecule has 1 aliphatic rings. The maximum Gasteiger partial charge on any atom is 0.224 e. The van der Waals surface area contributed by atoms with E-state index in [9.17, 15) is 4.79 Å². The first-order valence-electron chi connectivity index (χ1n) is 9.90. The molecule has 4 rings (SSSR count). The first kappa shape index (κ1) is 18.5. The predicted octanol–water partition coefficient (Wildman–Crippen LogP) is 3.62. The standard InChI is InChI=1S/C22H26N4O2/c1-14-20(15(2)26-25-14)13-22(27)24-17-5-7-18(8-6-17)28-19-9-10-21-16(12-19)4-3-11-23-21/h3-4,9-12,17-18H,5-8,13H2,1-2H3,(H,24,27)(H,25,26). The average molecular weight is 378 g/mol. The molecule has 0 spiro atoms. The van der Waals surface area contributed by atoms with Gasteiger partial charge in [-0.1, -0.05) is 6.07 Å². The zero-order valence-corrected chi connectivity index (χ0v) is 16.4. The molecule has 2 aromatic heterocycles. The Morgan fingerprint density at radius 1 is 1.21 bits per heavy atom. The van der Waals surface area contributed by atoms with E-state index in [1.54, 1.807) is 6.20 Å². The van der Waals surface area contributed by atoms with E-state index in [4.69, 9.17) is 4.74 Å². The van der Waals surface area contributed by atoms with Gasteiger partial charge in [-0.25, -0.2) is 0 Å². The third-order valence-corrected chi connectivity index (χ3v) is 5.53. The number of nitrogens with one attached hydrogen (secondary N) is 2. The summed E-state index contributed by atoms with van der Waals surface area (Å²) in [6, 6.07) is 10.2. The van der Waals surface area contributed by atoms with Crippen LogP contribution in [0.1, 0.15) is 42.6 Å². The van der Waals surface area contributed by atoms with Gasteiger partial charge in [-0.3, -0.25) is 14.9 Å². The van der Waals surface area contributed by atoms with E-state index in [0.29, 0.717) is 6.42 Å². The van der Waals surface area contributed by atoms with Crippen LogP contribution in [-0.4, -0.2) is 33.2 Å². The van der Waals surface area contributed by atoms with Gasteiger partial charge in [0.25, 0.3) is 0 Å². The molecule has 0 atom stereocenters. The molecule has 0 aliphatic heterocycles. The normalized spacial score (nSPS) is 19.5. The lowest BCUT2D eigenvalue weighted by atomic mass is 9.92. The number of aromatic nitrogens is 3. The van der Waals surface area contributed by atoms with E-state index in [1.807, 2.05) is 44.2 Å². The number of hydrogen-bond acceptors (Lipinski definition) is 4. The van der Waals surface area contributed by atoms with Crippen molar-refractivity contribution in [1.29, 1.82) is 0 Å². The highest BCUT2D eigenvalue weighted by atomic mass is 16.5. The summed E-state index contributed by atoms with van der Waals surface area (Å²) in [7, 11) is 0. The Labute approximate surface area is 164 Å². The Bertz CT molecular complexity index is 954. The number of aryl methyl sites for hydroxylation is 2. The molecule has 1 amide bonds. The van der Waals surface area contributed by atoms with Crippen molar-refractivity contribution in [2.75, 3.05) is 0 Å². The fourth-order valence-electron chi connectivity index (χ4n) is 3.92. The molecule has 2 heterocycles. The van der Waals surface area contributed by atoms with Crippen LogP contribution in [0.4, 0.5) is 0 Å². The molecule has 3 aromatic rings. The molecule has 28 heavy (non-hydrogen) atoms. The summed E-state index contributed by atoms with van der Waals surface area (Å²) in [6.45, 7) is 3.88. The SMILES string of the molecule is Cc1n[nH]c(C)c1CC(=O)NC1CCC(Oc2ccc3ncccc3c2)CC1. The third kappa shape index (κ3) is 4.16. The lowest BCUT2D eigenvalue weighted by Gasteiger charge is -2.29. The van der Waals surface area contributed by atoms with Gasteiger partial charge in [-0.2, -0.15) is 5.10 Å². The van der Waals surface area contributed by atoms with E-state index in [-0.39, 0.29) is 18.1 Å². The number of ether oxygens (including phenoxy) is 1. The summed E-state index contributed by atoms with van der Waals surface area (Å²) in [5.74, 6) is 0.956. The summed E-state index contributed by atoms with van der Waals surface area (Å²) in [5, 5.41) is 11.4. The molecule has 0 bridgehead atoms. The number of pyridine rings is 1. The number of carbonyl (C=O) groups excluding carboxylic acids is 1. The van der Waals surface area contributed by atoms with Gasteiger partial charge < -0.3 is 10.1 Å². The molecule has 0 unspecified atom stereocenters. The lowest BCUT2D eigenvalue weighted by Crippen LogP contribution is -2.40. The van der Waals surface area contributed by atoms with Gasteiger partial charge in [0.1, 0.15) is 5.75 Å². The highest BCUT2D eigenvalue weighted by Gasteiger charge is 2.24. The van der Waals surface area contributed by atoms with Crippen molar-refractivity contribution in [2.24, 2.45) is 0 Å². The van der Waals surface area contributed by atoms with Gasteiger partial charge in [0.15, 0.2) is 0 Å². The third-order valence-electron chi connectivity index (χ3n) is 5.53. The van der Waals surface area contributed by atoms with E-state index < -0.39 is 0 Å². The topological polar surface area (TPSA) is 79.9 Å². The van der Waals surface area contributed by atoms with Gasteiger partial charge in [0, 0.05) is 28.9 Å². The Morgan fingerprint density at radius 3 is 2.79 bits per heavy atom. The van der Waals surface area contributed by atoms with E-state index >= 15 is 0 Å². The summed E-state index contributed by atoms with van der Waals surface area (Å²) in [6.07, 6.45) is 6.15. The van der Waals surface area contributed by atoms with Crippen LogP contribution in [0.2, 0.25) is 0 Å². The van der Waals surface area contributed by atoms with Crippen LogP contribution >= 0.6 is 0 Å². The van der Waals surface area contributed by atoms with Crippen molar-refractivity contribution in [3.8, 4) is 5.75 Å². The molecule has 0 radical (unpaired) electrons. The van der Waals surface area contributed by atoms with E-state index in [0.717, 1.165) is 59.3 Å².